The minimum atomic E-state index is -1.20. The van der Waals surface area contributed by atoms with Crippen LogP contribution in [0, 0.1) is 35.2 Å². The first kappa shape index (κ1) is 78.6. The molecule has 6 aliphatic heterocycles. The summed E-state index contributed by atoms with van der Waals surface area (Å²) in [4.78, 5) is 101. The highest BCUT2D eigenvalue weighted by Gasteiger charge is 2.73. The van der Waals surface area contributed by atoms with Crippen LogP contribution in [-0.4, -0.2) is 132 Å². The summed E-state index contributed by atoms with van der Waals surface area (Å²) < 4.78 is 54.2. The van der Waals surface area contributed by atoms with Crippen LogP contribution in [0.25, 0.3) is 16.9 Å². The van der Waals surface area contributed by atoms with Gasteiger partial charge in [0.25, 0.3) is 0 Å². The summed E-state index contributed by atoms with van der Waals surface area (Å²) in [6.07, 6.45) is 16.1. The molecule has 6 aliphatic carbocycles. The van der Waals surface area contributed by atoms with Crippen LogP contribution >= 0.6 is 69.6 Å². The van der Waals surface area contributed by atoms with Gasteiger partial charge in [-0.25, -0.2) is 42.5 Å². The number of fused-ring (bicyclic) bond motifs is 21. The predicted molar refractivity (Wildman–Crippen MR) is 457 cm³/mol. The smallest absolute Gasteiger partial charge is 0.335 e. The van der Waals surface area contributed by atoms with Crippen LogP contribution in [0.15, 0.2) is 164 Å². The lowest BCUT2D eigenvalue weighted by molar-refractivity contribution is -0.128. The first-order valence-corrected chi connectivity index (χ1v) is 43.8. The lowest BCUT2D eigenvalue weighted by atomic mass is 9.68. The van der Waals surface area contributed by atoms with Gasteiger partial charge in [0.1, 0.15) is 51.0 Å². The van der Waals surface area contributed by atoms with Gasteiger partial charge in [-0.2, -0.15) is 0 Å². The normalized spacial score (nSPS) is 26.7. The Hall–Kier alpha value is -10.4. The molecule has 12 aliphatic rings. The topological polar surface area (TPSA) is 261 Å². The number of pyridine rings is 3. The summed E-state index contributed by atoms with van der Waals surface area (Å²) in [7, 11) is 0. The van der Waals surface area contributed by atoms with Gasteiger partial charge in [-0.15, -0.1) is 0 Å². The number of imidazole rings is 3. The lowest BCUT2D eigenvalue weighted by Gasteiger charge is -2.40. The summed E-state index contributed by atoms with van der Waals surface area (Å²) in [5.41, 5.74) is 9.01. The molecule has 12 heterocycles. The highest BCUT2D eigenvalue weighted by atomic mass is 35.5. The van der Waals surface area contributed by atoms with Gasteiger partial charge >= 0.3 is 17.9 Å². The zero-order chi connectivity index (χ0) is 84.6. The fourth-order valence-corrected chi connectivity index (χ4v) is 24.3. The third-order valence-corrected chi connectivity index (χ3v) is 30.2. The summed E-state index contributed by atoms with van der Waals surface area (Å²) >= 11 is 38.2. The van der Waals surface area contributed by atoms with E-state index in [0.29, 0.717) is 122 Å². The third kappa shape index (κ3) is 11.8. The summed E-state index contributed by atoms with van der Waals surface area (Å²) in [6.45, 7) is 2.13. The predicted octanol–water partition coefficient (Wildman–Crippen LogP) is 18.7. The van der Waals surface area contributed by atoms with Crippen molar-refractivity contribution in [2.45, 2.75) is 147 Å². The monoisotopic (exact) mass is 1770 g/mol. The van der Waals surface area contributed by atoms with Crippen LogP contribution in [0.4, 0.5) is 30.2 Å². The zero-order valence-electron chi connectivity index (χ0n) is 65.3. The number of rotatable bonds is 12. The van der Waals surface area contributed by atoms with Gasteiger partial charge in [0.05, 0.1) is 48.8 Å². The van der Waals surface area contributed by atoms with Crippen molar-refractivity contribution in [1.82, 2.24) is 42.9 Å². The zero-order valence-corrected chi connectivity index (χ0v) is 69.9. The van der Waals surface area contributed by atoms with E-state index < -0.39 is 69.7 Å². The van der Waals surface area contributed by atoms with Gasteiger partial charge in [-0.3, -0.25) is 29.1 Å². The van der Waals surface area contributed by atoms with Crippen LogP contribution < -0.4 is 16.0 Å². The number of aryl methyl sites for hydroxylation is 3. The molecule has 3 saturated heterocycles. The average Bonchev–Trinajstić information content (AvgIpc) is 1.52. The molecule has 0 unspecified atom stereocenters. The number of nitrogens with zero attached hydrogens (tertiary/aromatic N) is 9. The maximum absolute atomic E-state index is 16.1. The Morgan fingerprint density at radius 2 is 0.659 bits per heavy atom. The van der Waals surface area contributed by atoms with Crippen molar-refractivity contribution in [3.8, 4) is 0 Å². The van der Waals surface area contributed by atoms with E-state index in [-0.39, 0.29) is 85.4 Å². The molecular formula is C93H75Cl6F3N12O9. The number of likely N-dealkylation sites (tertiary alicyclic amines) is 3. The minimum Gasteiger partial charge on any atom is -0.478 e. The van der Waals surface area contributed by atoms with Crippen molar-refractivity contribution >= 4 is 139 Å². The maximum Gasteiger partial charge on any atom is 0.335 e. The molecule has 12 atom stereocenters. The van der Waals surface area contributed by atoms with E-state index in [0.717, 1.165) is 109 Å². The Bertz CT molecular complexity index is 6030. The van der Waals surface area contributed by atoms with Crippen molar-refractivity contribution in [2.24, 2.45) is 17.8 Å². The van der Waals surface area contributed by atoms with Gasteiger partial charge in [0, 0.05) is 158 Å². The first-order valence-electron chi connectivity index (χ1n) is 41.6. The number of halogens is 9. The number of aromatic nitrogens is 6. The van der Waals surface area contributed by atoms with Crippen molar-refractivity contribution in [1.29, 1.82) is 0 Å². The average molecular weight is 1770 g/mol. The number of hydrogen-bond acceptors (Lipinski definition) is 12. The molecule has 3 amide bonds. The van der Waals surface area contributed by atoms with Gasteiger partial charge in [-0.05, 0) is 202 Å². The highest BCUT2D eigenvalue weighted by Crippen LogP contribution is 2.70. The number of benzene rings is 6. The van der Waals surface area contributed by atoms with E-state index in [9.17, 15) is 44.1 Å². The molecule has 24 rings (SSSR count). The molecule has 6 fully saturated rings. The lowest BCUT2D eigenvalue weighted by Crippen LogP contribution is -2.52. The third-order valence-electron chi connectivity index (χ3n) is 28.6. The van der Waals surface area contributed by atoms with Crippen LogP contribution in [-0.2, 0) is 50.3 Å². The first-order chi connectivity index (χ1) is 59.4. The number of carboxylic acid groups (broad SMARTS) is 3. The van der Waals surface area contributed by atoms with Gasteiger partial charge < -0.3 is 44.5 Å². The Labute approximate surface area is 731 Å². The SMILES string of the molecule is O=C(O)c1ccn2c3c(nc2c1)[C@@H]1[C@H](CC3)N(CC2CC2)[C@@]2(C(=O)Nc3cc(Cl)ccc32)[C@H]1c1cccc(Cl)c1F.O=C(O)c1ccn2c3c(nc2c1)[C@@H]1[C@H](CC3)N(CC2CC2)[C@@]2(C(=O)Nc3cc(Cl)ccc32)[C@H]1c1cccc(Cl)c1F.O=C(O)c1ccn2c3c(nc2c1)[C@H]1[C@@H](CC3)N(CC2CC2)[C@]2(C(=O)Nc3cc(Cl)ccc32)[C@@H]1c1cccc(Cl)c1F. The number of carboxylic acids is 3. The summed E-state index contributed by atoms with van der Waals surface area (Å²) in [5, 5.41) is 39.6. The second kappa shape index (κ2) is 28.8. The number of carbonyl (C=O) groups excluding carboxylic acids is 3. The summed E-state index contributed by atoms with van der Waals surface area (Å²) in [6, 6.07) is 40.4. The van der Waals surface area contributed by atoms with Crippen LogP contribution in [0.1, 0.15) is 192 Å². The quantitative estimate of drug-likeness (QED) is 0.0664. The second-order valence-corrected chi connectivity index (χ2v) is 37.5. The molecule has 6 aromatic carbocycles. The van der Waals surface area contributed by atoms with E-state index in [4.69, 9.17) is 84.6 Å². The molecule has 123 heavy (non-hydrogen) atoms. The van der Waals surface area contributed by atoms with E-state index >= 15 is 13.2 Å². The fraction of sp³-hybridized carbons (Fsp3) is 0.323. The Morgan fingerprint density at radius 3 is 0.919 bits per heavy atom. The maximum atomic E-state index is 16.1. The van der Waals surface area contributed by atoms with Gasteiger partial charge in [0.15, 0.2) is 0 Å². The molecule has 21 nitrogen and oxygen atoms in total. The molecule has 12 aromatic rings. The second-order valence-electron chi connectivity index (χ2n) is 35.0. The number of anilines is 3. The van der Waals surface area contributed by atoms with Crippen molar-refractivity contribution < 1.29 is 57.3 Å². The van der Waals surface area contributed by atoms with E-state index in [1.807, 2.05) is 31.4 Å². The molecule has 3 spiro atoms. The summed E-state index contributed by atoms with van der Waals surface area (Å²) in [5.74, 6) is -6.88. The van der Waals surface area contributed by atoms with Crippen molar-refractivity contribution in [3.05, 3.63) is 296 Å². The Kier molecular flexibility index (Phi) is 18.4. The fourth-order valence-electron chi connectivity index (χ4n) is 23.3. The molecule has 3 saturated carbocycles. The van der Waals surface area contributed by atoms with Crippen LogP contribution in [0.3, 0.4) is 0 Å². The van der Waals surface area contributed by atoms with Crippen LogP contribution in [0.2, 0.25) is 30.1 Å². The minimum absolute atomic E-state index is 0.00159. The molecule has 624 valence electrons. The largest absolute Gasteiger partial charge is 0.478 e. The van der Waals surface area contributed by atoms with Crippen LogP contribution in [0.5, 0.6) is 0 Å². The van der Waals surface area contributed by atoms with Crippen molar-refractivity contribution in [2.75, 3.05) is 35.6 Å². The number of carbonyl (C=O) groups is 6. The van der Waals surface area contributed by atoms with Crippen molar-refractivity contribution in [3.63, 3.8) is 0 Å². The molecule has 0 bridgehead atoms. The van der Waals surface area contributed by atoms with E-state index in [2.05, 4.69) is 30.7 Å². The molecule has 0 radical (unpaired) electrons. The van der Waals surface area contributed by atoms with E-state index in [1.54, 1.807) is 128 Å². The highest BCUT2D eigenvalue weighted by molar-refractivity contribution is 6.33. The van der Waals surface area contributed by atoms with Gasteiger partial charge in [-0.1, -0.05) is 124 Å². The number of aromatic carboxylic acids is 3. The molecular weight excluding hydrogens is 1700 g/mol. The van der Waals surface area contributed by atoms with Gasteiger partial charge in [0.2, 0.25) is 17.7 Å². The number of nitrogens with one attached hydrogen (secondary N) is 3. The van der Waals surface area contributed by atoms with E-state index in [1.165, 1.54) is 18.2 Å². The Balaban J connectivity index is 0.000000110. The standard InChI is InChI=1S/3C31H25Cl2FN4O3/c3*32-17-6-7-19-21(13-17)35-30(41)31(19)26(18-2-1-3-20(33)27(18)34)25-22(38(31)14-15-4-5-15)8-9-23-28(25)36-24-12-16(29(39)40)10-11-37(23)24/h3*1-3,6-7,10-13,15,22,25-26H,4-5,8-9,14H2,(H,35,41)(H,39,40)/t3*22-,25+,26-,31+/m100/s1. The number of hydrogen-bond donors (Lipinski definition) is 6. The molecule has 30 heteroatoms. The molecule has 6 aromatic heterocycles. The number of amides is 3. The molecule has 6 N–H and O–H groups in total. The Morgan fingerprint density at radius 1 is 0.382 bits per heavy atom.